The lowest BCUT2D eigenvalue weighted by Crippen LogP contribution is -2.29. The van der Waals surface area contributed by atoms with Crippen LogP contribution >= 0.6 is 0 Å². The normalized spacial score (nSPS) is 17.2. The highest BCUT2D eigenvalue weighted by Gasteiger charge is 2.29. The van der Waals surface area contributed by atoms with Gasteiger partial charge in [0.2, 0.25) is 0 Å². The Morgan fingerprint density at radius 1 is 0.444 bits per heavy atom. The second-order valence-electron chi connectivity index (χ2n) is 8.97. The van der Waals surface area contributed by atoms with Crippen LogP contribution in [0, 0.1) is 39.5 Å². The van der Waals surface area contributed by atoms with Gasteiger partial charge in [-0.2, -0.15) is 0 Å². The molecule has 0 fully saturated rings. The van der Waals surface area contributed by atoms with Gasteiger partial charge in [-0.3, -0.25) is 0 Å². The SMILES string of the molecule is CC1=c2c(C)ccc(C)c2=C(C)C1CC1C(C)=c2c(C)ccc(C)c2=C1C. The van der Waals surface area contributed by atoms with Gasteiger partial charge in [0.05, 0.1) is 0 Å². The Labute approximate surface area is 163 Å². The van der Waals surface area contributed by atoms with E-state index in [2.05, 4.69) is 79.7 Å². The minimum absolute atomic E-state index is 0.560. The molecule has 2 aromatic rings. The summed E-state index contributed by atoms with van der Waals surface area (Å²) in [4.78, 5) is 0. The first-order valence-corrected chi connectivity index (χ1v) is 10.3. The molecule has 0 spiro atoms. The zero-order valence-electron chi connectivity index (χ0n) is 18.2. The van der Waals surface area contributed by atoms with Gasteiger partial charge in [-0.15, -0.1) is 0 Å². The Hall–Kier alpha value is -2.08. The summed E-state index contributed by atoms with van der Waals surface area (Å²) in [6.45, 7) is 18.6. The minimum Gasteiger partial charge on any atom is -0.0584 e. The standard InChI is InChI=1S/C27H32/c1-14-9-10-15(2)25-19(6)22(18(5)24(14)25)13-23-20(7)26-16(3)11-12-17(4)27(26)21(23)8/h9-12,22-23H,13H2,1-8H3. The predicted octanol–water partition coefficient (Wildman–Crippen LogP) is 3.95. The average molecular weight is 357 g/mol. The van der Waals surface area contributed by atoms with Gasteiger partial charge in [-0.05, 0) is 105 Å². The third kappa shape index (κ3) is 2.49. The maximum Gasteiger partial charge on any atom is 0.00288 e. The van der Waals surface area contributed by atoms with E-state index in [1.807, 2.05) is 0 Å². The first-order valence-electron chi connectivity index (χ1n) is 10.3. The van der Waals surface area contributed by atoms with E-state index in [1.165, 1.54) is 49.5 Å². The molecule has 27 heavy (non-hydrogen) atoms. The Morgan fingerprint density at radius 2 is 0.667 bits per heavy atom. The lowest BCUT2D eigenvalue weighted by atomic mass is 9.81. The molecule has 0 amide bonds. The molecule has 0 aliphatic heterocycles. The van der Waals surface area contributed by atoms with Gasteiger partial charge in [0, 0.05) is 11.8 Å². The third-order valence-electron chi connectivity index (χ3n) is 7.38. The molecule has 0 aromatic heterocycles. The number of hydrogen-bond donors (Lipinski definition) is 0. The fourth-order valence-electron chi connectivity index (χ4n) is 5.94. The molecule has 2 aliphatic carbocycles. The van der Waals surface area contributed by atoms with E-state index in [4.69, 9.17) is 0 Å². The smallest absolute Gasteiger partial charge is 0.00288 e. The minimum atomic E-state index is 0.560. The van der Waals surface area contributed by atoms with E-state index in [1.54, 1.807) is 22.3 Å². The van der Waals surface area contributed by atoms with E-state index < -0.39 is 0 Å². The van der Waals surface area contributed by atoms with Gasteiger partial charge in [0.15, 0.2) is 0 Å². The van der Waals surface area contributed by atoms with E-state index in [0.717, 1.165) is 0 Å². The second kappa shape index (κ2) is 6.23. The average Bonchev–Trinajstić information content (AvgIpc) is 3.03. The molecule has 0 unspecified atom stereocenters. The van der Waals surface area contributed by atoms with Crippen molar-refractivity contribution in [1.82, 2.24) is 0 Å². The molecule has 2 aliphatic rings. The van der Waals surface area contributed by atoms with Gasteiger partial charge in [0.1, 0.15) is 0 Å². The first kappa shape index (κ1) is 18.3. The summed E-state index contributed by atoms with van der Waals surface area (Å²) >= 11 is 0. The molecule has 0 nitrogen and oxygen atoms in total. The van der Waals surface area contributed by atoms with Crippen LogP contribution in [0.5, 0.6) is 0 Å². The van der Waals surface area contributed by atoms with Crippen LogP contribution in [0.2, 0.25) is 0 Å². The van der Waals surface area contributed by atoms with Crippen molar-refractivity contribution in [1.29, 1.82) is 0 Å². The fourth-order valence-corrected chi connectivity index (χ4v) is 5.94. The monoisotopic (exact) mass is 356 g/mol. The first-order chi connectivity index (χ1) is 12.7. The Kier molecular flexibility index (Phi) is 4.22. The molecule has 0 saturated carbocycles. The van der Waals surface area contributed by atoms with Crippen LogP contribution in [0.15, 0.2) is 24.3 Å². The number of rotatable bonds is 2. The summed E-state index contributed by atoms with van der Waals surface area (Å²) in [6.07, 6.45) is 1.20. The number of benzene rings is 2. The van der Waals surface area contributed by atoms with E-state index in [-0.39, 0.29) is 0 Å². The van der Waals surface area contributed by atoms with Crippen molar-refractivity contribution in [3.63, 3.8) is 0 Å². The lowest BCUT2D eigenvalue weighted by molar-refractivity contribution is 0.664. The van der Waals surface area contributed by atoms with Crippen molar-refractivity contribution in [2.24, 2.45) is 11.8 Å². The zero-order chi connectivity index (χ0) is 19.6. The maximum absolute atomic E-state index is 2.37. The molecule has 0 radical (unpaired) electrons. The topological polar surface area (TPSA) is 0 Å². The molecule has 0 heterocycles. The van der Waals surface area contributed by atoms with Crippen LogP contribution in [0.25, 0.3) is 22.3 Å². The lowest BCUT2D eigenvalue weighted by Gasteiger charge is -2.23. The van der Waals surface area contributed by atoms with Crippen molar-refractivity contribution in [3.05, 3.63) is 67.4 Å². The highest BCUT2D eigenvalue weighted by Crippen LogP contribution is 2.37. The predicted molar refractivity (Wildman–Crippen MR) is 118 cm³/mol. The van der Waals surface area contributed by atoms with Crippen LogP contribution < -0.4 is 20.9 Å². The molecule has 4 rings (SSSR count). The molecule has 2 aromatic carbocycles. The van der Waals surface area contributed by atoms with E-state index in [0.29, 0.717) is 11.8 Å². The molecule has 0 bridgehead atoms. The van der Waals surface area contributed by atoms with Crippen LogP contribution in [-0.2, 0) is 0 Å². The zero-order valence-corrected chi connectivity index (χ0v) is 18.2. The van der Waals surface area contributed by atoms with Crippen LogP contribution in [0.3, 0.4) is 0 Å². The van der Waals surface area contributed by atoms with Crippen molar-refractivity contribution in [2.45, 2.75) is 61.8 Å². The largest absolute Gasteiger partial charge is 0.0584 e. The maximum atomic E-state index is 2.37. The molecule has 140 valence electrons. The Bertz CT molecular complexity index is 1030. The van der Waals surface area contributed by atoms with Crippen LogP contribution in [0.1, 0.15) is 56.4 Å². The summed E-state index contributed by atoms with van der Waals surface area (Å²) in [7, 11) is 0. The van der Waals surface area contributed by atoms with Crippen LogP contribution in [0.4, 0.5) is 0 Å². The Morgan fingerprint density at radius 3 is 0.889 bits per heavy atom. The summed E-state index contributed by atoms with van der Waals surface area (Å²) in [5.41, 5.74) is 12.0. The van der Waals surface area contributed by atoms with Gasteiger partial charge >= 0.3 is 0 Å². The van der Waals surface area contributed by atoms with Gasteiger partial charge in [-0.25, -0.2) is 0 Å². The summed E-state index contributed by atoms with van der Waals surface area (Å²) < 4.78 is 0. The summed E-state index contributed by atoms with van der Waals surface area (Å²) in [5, 5.41) is 6.10. The molecule has 0 atom stereocenters. The van der Waals surface area contributed by atoms with Crippen molar-refractivity contribution < 1.29 is 0 Å². The number of aryl methyl sites for hydroxylation is 4. The van der Waals surface area contributed by atoms with E-state index in [9.17, 15) is 0 Å². The number of fused-ring (bicyclic) bond motifs is 2. The van der Waals surface area contributed by atoms with Crippen molar-refractivity contribution in [2.75, 3.05) is 0 Å². The summed E-state index contributed by atoms with van der Waals surface area (Å²) in [5.74, 6) is 1.12. The third-order valence-corrected chi connectivity index (χ3v) is 7.38. The highest BCUT2D eigenvalue weighted by atomic mass is 14.3. The molecule has 0 N–H and O–H groups in total. The Balaban J connectivity index is 1.88. The fraction of sp³-hybridized carbons (Fsp3) is 0.407. The highest BCUT2D eigenvalue weighted by molar-refractivity contribution is 5.75. The number of hydrogen-bond acceptors (Lipinski definition) is 0. The second-order valence-corrected chi connectivity index (χ2v) is 8.97. The van der Waals surface area contributed by atoms with E-state index >= 15 is 0 Å². The molecular formula is C27H32. The van der Waals surface area contributed by atoms with Crippen molar-refractivity contribution >= 4 is 22.3 Å². The van der Waals surface area contributed by atoms with Gasteiger partial charge < -0.3 is 0 Å². The molecule has 0 heteroatoms. The van der Waals surface area contributed by atoms with Crippen molar-refractivity contribution in [3.8, 4) is 0 Å². The van der Waals surface area contributed by atoms with Gasteiger partial charge in [-0.1, -0.05) is 46.6 Å². The molecular weight excluding hydrogens is 324 g/mol. The molecule has 0 saturated heterocycles. The van der Waals surface area contributed by atoms with Crippen LogP contribution in [-0.4, -0.2) is 0 Å². The van der Waals surface area contributed by atoms with Gasteiger partial charge in [0.25, 0.3) is 0 Å². The summed E-state index contributed by atoms with van der Waals surface area (Å²) in [6, 6.07) is 9.17. The quantitative estimate of drug-likeness (QED) is 0.764.